The first-order valence-corrected chi connectivity index (χ1v) is 6.84. The van der Waals surface area contributed by atoms with Gasteiger partial charge in [0, 0.05) is 7.05 Å². The molecule has 0 aliphatic carbocycles. The van der Waals surface area contributed by atoms with Gasteiger partial charge in [0.2, 0.25) is 0 Å². The number of amides is 1. The minimum atomic E-state index is -0.229. The quantitative estimate of drug-likeness (QED) is 0.343. The van der Waals surface area contributed by atoms with Gasteiger partial charge in [-0.15, -0.1) is 11.3 Å². The topological polar surface area (TPSA) is 106 Å². The molecule has 0 unspecified atom stereocenters. The molecule has 4 N–H and O–H groups in total. The van der Waals surface area contributed by atoms with Crippen molar-refractivity contribution in [2.45, 2.75) is 13.3 Å². The maximum Gasteiger partial charge on any atom is 0.267 e. The average Bonchev–Trinajstić information content (AvgIpc) is 3.05. The van der Waals surface area contributed by atoms with Crippen LogP contribution in [-0.4, -0.2) is 26.7 Å². The van der Waals surface area contributed by atoms with E-state index >= 15 is 0 Å². The highest BCUT2D eigenvalue weighted by Gasteiger charge is 2.18. The molecular weight excluding hydrogens is 278 g/mol. The summed E-state index contributed by atoms with van der Waals surface area (Å²) in [5.74, 6) is 0.0588. The molecule has 2 aromatic heterocycles. The van der Waals surface area contributed by atoms with Crippen LogP contribution in [0.25, 0.3) is 0 Å². The van der Waals surface area contributed by atoms with E-state index in [9.17, 15) is 4.79 Å². The number of aryl methyl sites for hydroxylation is 2. The number of nitrogens with one attached hydrogen (secondary N) is 1. The molecule has 2 rings (SSSR count). The number of aromatic nitrogens is 2. The third-order valence-electron chi connectivity index (χ3n) is 2.89. The van der Waals surface area contributed by atoms with Gasteiger partial charge in [0.1, 0.15) is 5.82 Å². The van der Waals surface area contributed by atoms with Crippen molar-refractivity contribution < 1.29 is 10.0 Å². The molecule has 0 aliphatic rings. The molecule has 2 heterocycles. The van der Waals surface area contributed by atoms with Crippen LogP contribution in [0.15, 0.2) is 22.8 Å². The van der Waals surface area contributed by atoms with E-state index in [2.05, 4.69) is 15.6 Å². The Hall–Kier alpha value is -2.35. The van der Waals surface area contributed by atoms with Gasteiger partial charge in [-0.3, -0.25) is 9.48 Å². The molecule has 0 aromatic carbocycles. The van der Waals surface area contributed by atoms with Crippen molar-refractivity contribution in [1.82, 2.24) is 9.78 Å². The summed E-state index contributed by atoms with van der Waals surface area (Å²) >= 11 is 1.38. The molecule has 8 heteroatoms. The van der Waals surface area contributed by atoms with E-state index < -0.39 is 0 Å². The van der Waals surface area contributed by atoms with Gasteiger partial charge in [0.05, 0.1) is 16.6 Å². The van der Waals surface area contributed by atoms with E-state index in [-0.39, 0.29) is 11.7 Å². The van der Waals surface area contributed by atoms with E-state index in [1.54, 1.807) is 7.05 Å². The lowest BCUT2D eigenvalue weighted by molar-refractivity contribution is 0.102. The first-order chi connectivity index (χ1) is 9.58. The van der Waals surface area contributed by atoms with Crippen LogP contribution in [-0.2, 0) is 13.5 Å². The van der Waals surface area contributed by atoms with Gasteiger partial charge in [-0.25, -0.2) is 0 Å². The monoisotopic (exact) mass is 293 g/mol. The minimum absolute atomic E-state index is 0.102. The Bertz CT molecular complexity index is 659. The normalized spacial score (nSPS) is 11.6. The number of nitrogens with two attached hydrogens (primary N) is 1. The Labute approximate surface area is 119 Å². The second-order valence-corrected chi connectivity index (χ2v) is 5.01. The van der Waals surface area contributed by atoms with Gasteiger partial charge in [-0.2, -0.15) is 5.10 Å². The largest absolute Gasteiger partial charge is 0.409 e. The molecule has 20 heavy (non-hydrogen) atoms. The number of carbonyl (C=O) groups is 1. The Balaban J connectivity index is 2.31. The Morgan fingerprint density at radius 1 is 1.65 bits per heavy atom. The van der Waals surface area contributed by atoms with Gasteiger partial charge in [-0.1, -0.05) is 12.1 Å². The molecule has 0 aliphatic heterocycles. The zero-order valence-corrected chi connectivity index (χ0v) is 11.9. The standard InChI is InChI=1S/C12H15N5O2S/c1-3-7-4-5-20-9(7)12(18)15-11-8(10(13)16-19)6-14-17(11)2/h4-6,19H,3H2,1-2H3,(H2,13,16)(H,15,18). The summed E-state index contributed by atoms with van der Waals surface area (Å²) in [5.41, 5.74) is 6.92. The van der Waals surface area contributed by atoms with Gasteiger partial charge >= 0.3 is 0 Å². The smallest absolute Gasteiger partial charge is 0.267 e. The molecule has 0 bridgehead atoms. The predicted octanol–water partition coefficient (Wildman–Crippen LogP) is 1.39. The highest BCUT2D eigenvalue weighted by atomic mass is 32.1. The van der Waals surface area contributed by atoms with Gasteiger partial charge in [0.25, 0.3) is 5.91 Å². The van der Waals surface area contributed by atoms with Gasteiger partial charge < -0.3 is 16.3 Å². The van der Waals surface area contributed by atoms with E-state index in [1.165, 1.54) is 22.2 Å². The van der Waals surface area contributed by atoms with Gasteiger partial charge in [0.15, 0.2) is 5.84 Å². The van der Waals surface area contributed by atoms with E-state index in [0.717, 1.165) is 12.0 Å². The van der Waals surface area contributed by atoms with Crippen LogP contribution in [0.4, 0.5) is 5.82 Å². The molecule has 0 radical (unpaired) electrons. The summed E-state index contributed by atoms with van der Waals surface area (Å²) in [6, 6.07) is 1.92. The Morgan fingerprint density at radius 2 is 2.40 bits per heavy atom. The SMILES string of the molecule is CCc1ccsc1C(=O)Nc1c(/C(N)=N/O)cnn1C. The highest BCUT2D eigenvalue weighted by Crippen LogP contribution is 2.21. The van der Waals surface area contributed by atoms with Crippen molar-refractivity contribution in [3.05, 3.63) is 33.6 Å². The first-order valence-electron chi connectivity index (χ1n) is 5.96. The maximum absolute atomic E-state index is 12.3. The number of nitrogens with zero attached hydrogens (tertiary/aromatic N) is 3. The lowest BCUT2D eigenvalue weighted by Crippen LogP contribution is -2.20. The molecular formula is C12H15N5O2S. The van der Waals surface area contributed by atoms with Crippen LogP contribution in [0.2, 0.25) is 0 Å². The number of rotatable bonds is 4. The van der Waals surface area contributed by atoms with Crippen LogP contribution in [0.1, 0.15) is 27.7 Å². The number of hydrogen-bond donors (Lipinski definition) is 3. The van der Waals surface area contributed by atoms with Crippen LogP contribution in [0.5, 0.6) is 0 Å². The third kappa shape index (κ3) is 2.50. The fourth-order valence-corrected chi connectivity index (χ4v) is 2.69. The highest BCUT2D eigenvalue weighted by molar-refractivity contribution is 7.12. The number of hydrogen-bond acceptors (Lipinski definition) is 5. The van der Waals surface area contributed by atoms with Crippen molar-refractivity contribution in [2.75, 3.05) is 5.32 Å². The number of oxime groups is 1. The van der Waals surface area contributed by atoms with Crippen LogP contribution < -0.4 is 11.1 Å². The molecule has 0 fully saturated rings. The van der Waals surface area contributed by atoms with Crippen LogP contribution in [0.3, 0.4) is 0 Å². The fraction of sp³-hybridized carbons (Fsp3) is 0.250. The molecule has 2 aromatic rings. The summed E-state index contributed by atoms with van der Waals surface area (Å²) in [5, 5.41) is 20.3. The third-order valence-corrected chi connectivity index (χ3v) is 3.84. The zero-order valence-electron chi connectivity index (χ0n) is 11.1. The van der Waals surface area contributed by atoms with Crippen molar-refractivity contribution in [3.63, 3.8) is 0 Å². The Kier molecular flexibility index (Phi) is 4.04. The summed E-state index contributed by atoms with van der Waals surface area (Å²) in [6.07, 6.45) is 2.21. The second kappa shape index (κ2) is 5.74. The summed E-state index contributed by atoms with van der Waals surface area (Å²) in [4.78, 5) is 12.9. The maximum atomic E-state index is 12.3. The summed E-state index contributed by atoms with van der Waals surface area (Å²) in [7, 11) is 1.67. The first kappa shape index (κ1) is 14.1. The van der Waals surface area contributed by atoms with E-state index in [1.807, 2.05) is 18.4 Å². The minimum Gasteiger partial charge on any atom is -0.409 e. The average molecular weight is 293 g/mol. The summed E-state index contributed by atoms with van der Waals surface area (Å²) in [6.45, 7) is 1.99. The van der Waals surface area contributed by atoms with E-state index in [4.69, 9.17) is 10.9 Å². The summed E-state index contributed by atoms with van der Waals surface area (Å²) < 4.78 is 1.46. The molecule has 0 saturated heterocycles. The molecule has 7 nitrogen and oxygen atoms in total. The van der Waals surface area contributed by atoms with Crippen LogP contribution in [0, 0.1) is 0 Å². The number of thiophene rings is 1. The lowest BCUT2D eigenvalue weighted by Gasteiger charge is -2.07. The molecule has 0 spiro atoms. The fourth-order valence-electron chi connectivity index (χ4n) is 1.80. The van der Waals surface area contributed by atoms with Crippen molar-refractivity contribution in [2.24, 2.45) is 17.9 Å². The van der Waals surface area contributed by atoms with Crippen molar-refractivity contribution in [3.8, 4) is 0 Å². The van der Waals surface area contributed by atoms with Crippen molar-refractivity contribution in [1.29, 1.82) is 0 Å². The molecule has 0 atom stereocenters. The zero-order chi connectivity index (χ0) is 14.7. The predicted molar refractivity (Wildman–Crippen MR) is 77.4 cm³/mol. The molecule has 0 saturated carbocycles. The van der Waals surface area contributed by atoms with Crippen molar-refractivity contribution >= 4 is 28.9 Å². The van der Waals surface area contributed by atoms with Crippen LogP contribution >= 0.6 is 11.3 Å². The number of anilines is 1. The van der Waals surface area contributed by atoms with Gasteiger partial charge in [-0.05, 0) is 23.4 Å². The number of amidine groups is 1. The molecule has 106 valence electrons. The van der Waals surface area contributed by atoms with E-state index in [0.29, 0.717) is 16.3 Å². The number of carbonyl (C=O) groups excluding carboxylic acids is 1. The molecule has 1 amide bonds. The lowest BCUT2D eigenvalue weighted by atomic mass is 10.2. The second-order valence-electron chi connectivity index (χ2n) is 4.10. The Morgan fingerprint density at radius 3 is 3.05 bits per heavy atom.